The Bertz CT molecular complexity index is 1250. The summed E-state index contributed by atoms with van der Waals surface area (Å²) >= 11 is 1.72. The van der Waals surface area contributed by atoms with E-state index in [1.165, 1.54) is 4.88 Å². The molecule has 5 rings (SSSR count). The number of benzene rings is 2. The summed E-state index contributed by atoms with van der Waals surface area (Å²) in [4.78, 5) is 16.1. The number of rotatable bonds is 5. The molecule has 2 N–H and O–H groups in total. The van der Waals surface area contributed by atoms with Crippen molar-refractivity contribution in [3.8, 4) is 17.2 Å². The Morgan fingerprint density at radius 2 is 1.62 bits per heavy atom. The molecule has 1 aromatic heterocycles. The molecule has 0 spiro atoms. The molecule has 2 aromatic carbocycles. The van der Waals surface area contributed by atoms with Crippen molar-refractivity contribution in [3.63, 3.8) is 0 Å². The number of hydrogen-bond acceptors (Lipinski definition) is 7. The Morgan fingerprint density at radius 1 is 0.912 bits per heavy atom. The van der Waals surface area contributed by atoms with Gasteiger partial charge in [-0.05, 0) is 61.2 Å². The number of anilines is 2. The van der Waals surface area contributed by atoms with Crippen molar-refractivity contribution in [1.29, 1.82) is 0 Å². The molecule has 2 atom stereocenters. The van der Waals surface area contributed by atoms with Gasteiger partial charge in [0, 0.05) is 27.4 Å². The minimum atomic E-state index is -0.182. The Labute approximate surface area is 203 Å². The molecule has 1 aliphatic heterocycles. The number of ketones is 1. The van der Waals surface area contributed by atoms with Crippen LogP contribution in [0.4, 0.5) is 11.4 Å². The zero-order valence-corrected chi connectivity index (χ0v) is 20.5. The first-order valence-corrected chi connectivity index (χ1v) is 12.1. The second-order valence-corrected chi connectivity index (χ2v) is 9.90. The van der Waals surface area contributed by atoms with E-state index in [9.17, 15) is 4.79 Å². The monoisotopic (exact) mass is 476 g/mol. The fourth-order valence-corrected chi connectivity index (χ4v) is 5.83. The van der Waals surface area contributed by atoms with Crippen LogP contribution in [0.5, 0.6) is 17.2 Å². The van der Waals surface area contributed by atoms with Gasteiger partial charge >= 0.3 is 0 Å². The number of hydrogen-bond donors (Lipinski definition) is 2. The van der Waals surface area contributed by atoms with Crippen LogP contribution >= 0.6 is 11.3 Å². The minimum Gasteiger partial charge on any atom is -0.493 e. The van der Waals surface area contributed by atoms with Crippen LogP contribution in [0.2, 0.25) is 0 Å². The topological polar surface area (TPSA) is 68.8 Å². The van der Waals surface area contributed by atoms with Crippen LogP contribution in [0, 0.1) is 6.92 Å². The van der Waals surface area contributed by atoms with Crippen molar-refractivity contribution in [2.75, 3.05) is 32.0 Å². The van der Waals surface area contributed by atoms with Gasteiger partial charge in [0.15, 0.2) is 17.3 Å². The molecule has 1 aliphatic carbocycles. The van der Waals surface area contributed by atoms with Gasteiger partial charge in [-0.2, -0.15) is 0 Å². The van der Waals surface area contributed by atoms with Crippen molar-refractivity contribution < 1.29 is 19.0 Å². The highest BCUT2D eigenvalue weighted by molar-refractivity contribution is 7.12. The molecule has 0 unspecified atom stereocenters. The zero-order chi connectivity index (χ0) is 23.8. The molecule has 3 aromatic rings. The first-order valence-electron chi connectivity index (χ1n) is 11.3. The first kappa shape index (κ1) is 22.3. The van der Waals surface area contributed by atoms with E-state index in [1.807, 2.05) is 30.3 Å². The molecule has 2 aliphatic rings. The number of Topliss-reactive ketones (excluding diaryl/α,β-unsaturated/α-hetero) is 1. The first-order chi connectivity index (χ1) is 16.5. The molecule has 176 valence electrons. The summed E-state index contributed by atoms with van der Waals surface area (Å²) < 4.78 is 16.6. The van der Waals surface area contributed by atoms with Gasteiger partial charge in [-0.3, -0.25) is 4.79 Å². The molecule has 34 heavy (non-hydrogen) atoms. The molecule has 0 amide bonds. The summed E-state index contributed by atoms with van der Waals surface area (Å²) in [5, 5.41) is 7.23. The number of carbonyl (C=O) groups is 1. The number of thiophene rings is 1. The van der Waals surface area contributed by atoms with Gasteiger partial charge in [-0.15, -0.1) is 11.3 Å². The summed E-state index contributed by atoms with van der Waals surface area (Å²) in [7, 11) is 4.81. The Hall–Kier alpha value is -3.45. The molecule has 0 saturated carbocycles. The third-order valence-electron chi connectivity index (χ3n) is 6.51. The van der Waals surface area contributed by atoms with Crippen molar-refractivity contribution >= 4 is 28.5 Å². The van der Waals surface area contributed by atoms with E-state index in [4.69, 9.17) is 14.2 Å². The highest BCUT2D eigenvalue weighted by Crippen LogP contribution is 2.47. The molecule has 0 saturated heterocycles. The van der Waals surface area contributed by atoms with E-state index < -0.39 is 0 Å². The maximum atomic E-state index is 13.7. The number of para-hydroxylation sites is 2. The number of nitrogens with one attached hydrogen (secondary N) is 2. The third-order valence-corrected chi connectivity index (χ3v) is 7.58. The number of ether oxygens (including phenoxy) is 3. The van der Waals surface area contributed by atoms with Gasteiger partial charge in [-0.25, -0.2) is 0 Å². The Kier molecular flexibility index (Phi) is 5.96. The average Bonchev–Trinajstić information content (AvgIpc) is 3.20. The summed E-state index contributed by atoms with van der Waals surface area (Å²) in [6, 6.07) is 16.1. The summed E-state index contributed by atoms with van der Waals surface area (Å²) in [6.45, 7) is 2.09. The maximum Gasteiger partial charge on any atom is 0.203 e. The minimum absolute atomic E-state index is 0.0107. The predicted molar refractivity (Wildman–Crippen MR) is 136 cm³/mol. The van der Waals surface area contributed by atoms with Crippen LogP contribution in [-0.4, -0.2) is 27.1 Å². The van der Waals surface area contributed by atoms with Crippen molar-refractivity contribution in [2.24, 2.45) is 0 Å². The van der Waals surface area contributed by atoms with Gasteiger partial charge in [0.2, 0.25) is 5.75 Å². The summed E-state index contributed by atoms with van der Waals surface area (Å²) in [6.07, 6.45) is 1.12. The quantitative estimate of drug-likeness (QED) is 0.466. The average molecular weight is 477 g/mol. The van der Waals surface area contributed by atoms with E-state index in [-0.39, 0.29) is 17.7 Å². The number of aryl methyl sites for hydroxylation is 1. The summed E-state index contributed by atoms with van der Waals surface area (Å²) in [5.74, 6) is 1.87. The predicted octanol–water partition coefficient (Wildman–Crippen LogP) is 6.06. The van der Waals surface area contributed by atoms with Crippen LogP contribution in [0.3, 0.4) is 0 Å². The van der Waals surface area contributed by atoms with Crippen molar-refractivity contribution in [1.82, 2.24) is 0 Å². The van der Waals surface area contributed by atoms with Crippen LogP contribution in [0.1, 0.15) is 40.1 Å². The van der Waals surface area contributed by atoms with E-state index in [1.54, 1.807) is 32.7 Å². The van der Waals surface area contributed by atoms with Crippen LogP contribution < -0.4 is 24.8 Å². The number of methoxy groups -OCH3 is 3. The Morgan fingerprint density at radius 3 is 2.24 bits per heavy atom. The highest BCUT2D eigenvalue weighted by atomic mass is 32.1. The normalized spacial score (nSPS) is 19.4. The molecule has 0 fully saturated rings. The van der Waals surface area contributed by atoms with Gasteiger partial charge in [0.1, 0.15) is 0 Å². The van der Waals surface area contributed by atoms with Gasteiger partial charge in [0.25, 0.3) is 0 Å². The fraction of sp³-hybridized carbons (Fsp3) is 0.296. The smallest absolute Gasteiger partial charge is 0.203 e. The van der Waals surface area contributed by atoms with E-state index >= 15 is 0 Å². The van der Waals surface area contributed by atoms with E-state index in [2.05, 4.69) is 35.8 Å². The second-order valence-electron chi connectivity index (χ2n) is 8.58. The summed E-state index contributed by atoms with van der Waals surface area (Å²) in [5.41, 5.74) is 4.74. The lowest BCUT2D eigenvalue weighted by Crippen LogP contribution is -2.26. The van der Waals surface area contributed by atoms with E-state index in [0.717, 1.165) is 33.1 Å². The third kappa shape index (κ3) is 3.90. The van der Waals surface area contributed by atoms with Gasteiger partial charge in [0.05, 0.1) is 38.7 Å². The lowest BCUT2D eigenvalue weighted by Gasteiger charge is -2.30. The zero-order valence-electron chi connectivity index (χ0n) is 19.7. The lowest BCUT2D eigenvalue weighted by molar-refractivity contribution is -0.116. The molecule has 0 bridgehead atoms. The molecule has 2 heterocycles. The van der Waals surface area contributed by atoms with Crippen molar-refractivity contribution in [2.45, 2.75) is 31.7 Å². The van der Waals surface area contributed by atoms with Gasteiger partial charge in [-0.1, -0.05) is 12.1 Å². The number of carbonyl (C=O) groups excluding carboxylic acids is 1. The standard InChI is InChI=1S/C27H28N2O4S/c1-15-9-10-24(34-15)26-25-20(28-18-7-5-6-8-19(18)29-26)11-16(12-21(25)30)17-13-22(31-2)27(33-4)23(14-17)32-3/h5-10,13-14,16,26,28-29H,11-12H2,1-4H3/t16-,26+/m1/s1. The van der Waals surface area contributed by atoms with Crippen LogP contribution in [0.25, 0.3) is 0 Å². The van der Waals surface area contributed by atoms with Crippen LogP contribution in [0.15, 0.2) is 59.8 Å². The molecule has 7 heteroatoms. The molecular weight excluding hydrogens is 448 g/mol. The SMILES string of the molecule is COc1cc([C@H]2CC(=O)C3=C(C2)Nc2ccccc2N[C@H]3c2ccc(C)s2)cc(OC)c1OC. The maximum absolute atomic E-state index is 13.7. The molecule has 0 radical (unpaired) electrons. The lowest BCUT2D eigenvalue weighted by atomic mass is 9.79. The van der Waals surface area contributed by atoms with Crippen LogP contribution in [-0.2, 0) is 4.79 Å². The van der Waals surface area contributed by atoms with Gasteiger partial charge < -0.3 is 24.8 Å². The largest absolute Gasteiger partial charge is 0.493 e. The number of fused-ring (bicyclic) bond motifs is 1. The van der Waals surface area contributed by atoms with E-state index in [0.29, 0.717) is 30.1 Å². The second kappa shape index (κ2) is 9.06. The highest BCUT2D eigenvalue weighted by Gasteiger charge is 2.37. The van der Waals surface area contributed by atoms with Crippen molar-refractivity contribution in [3.05, 3.63) is 75.1 Å². The molecular formula is C27H28N2O4S. The molecule has 6 nitrogen and oxygen atoms in total. The Balaban J connectivity index is 1.59. The number of allylic oxidation sites excluding steroid dienone is 1. The fourth-order valence-electron chi connectivity index (χ4n) is 4.89.